The Balaban J connectivity index is 0.00000144. The molecule has 0 saturated heterocycles. The Bertz CT molecular complexity index is 199. The zero-order valence-electron chi connectivity index (χ0n) is 8.49. The predicted octanol–water partition coefficient (Wildman–Crippen LogP) is -0.628. The average Bonchev–Trinajstić information content (AvgIpc) is 2.14. The third-order valence-corrected chi connectivity index (χ3v) is 3.62. The quantitative estimate of drug-likeness (QED) is 0.361. The molecule has 0 bridgehead atoms. The van der Waals surface area contributed by atoms with Crippen molar-refractivity contribution in [2.45, 2.75) is 26.2 Å². The van der Waals surface area contributed by atoms with E-state index >= 15 is 0 Å². The van der Waals surface area contributed by atoms with Gasteiger partial charge in [-0.2, -0.15) is 0 Å². The summed E-state index contributed by atoms with van der Waals surface area (Å²) in [6.45, 7) is 2.24. The maximum atomic E-state index is 2.44. The van der Waals surface area contributed by atoms with Crippen LogP contribution in [0.15, 0.2) is 30.3 Å². The van der Waals surface area contributed by atoms with Crippen LogP contribution in [0.2, 0.25) is 0 Å². The van der Waals surface area contributed by atoms with Crippen LogP contribution in [0.3, 0.4) is 0 Å². The summed E-state index contributed by atoms with van der Waals surface area (Å²) in [5.41, 5.74) is 0. The van der Waals surface area contributed by atoms with Gasteiger partial charge in [0.2, 0.25) is 0 Å². The van der Waals surface area contributed by atoms with Gasteiger partial charge in [-0.3, -0.25) is 0 Å². The molecule has 1 aromatic rings. The standard InChI is InChI=1S/C11H15Se.Li/c1-2-3-7-10-12-11-8-5-4-6-9-11;/h4-6,8-10H,2-3,7H2,1H3;/q-1;+1. The summed E-state index contributed by atoms with van der Waals surface area (Å²) in [7, 11) is 0. The van der Waals surface area contributed by atoms with Gasteiger partial charge in [-0.25, -0.2) is 0 Å². The Morgan fingerprint density at radius 2 is 1.92 bits per heavy atom. The van der Waals surface area contributed by atoms with Crippen LogP contribution in [-0.2, 0) is 0 Å². The van der Waals surface area contributed by atoms with E-state index in [0.29, 0.717) is 15.0 Å². The van der Waals surface area contributed by atoms with Crippen molar-refractivity contribution in [3.05, 3.63) is 35.7 Å². The van der Waals surface area contributed by atoms with Crippen LogP contribution in [-0.4, -0.2) is 15.0 Å². The molecule has 0 saturated carbocycles. The monoisotopic (exact) mass is 234 g/mol. The molecule has 0 radical (unpaired) electrons. The fourth-order valence-electron chi connectivity index (χ4n) is 0.942. The van der Waals surface area contributed by atoms with E-state index in [1.54, 1.807) is 0 Å². The van der Waals surface area contributed by atoms with Gasteiger partial charge < -0.3 is 0 Å². The second-order valence-electron chi connectivity index (χ2n) is 2.74. The van der Waals surface area contributed by atoms with Gasteiger partial charge in [-0.05, 0) is 0 Å². The fourth-order valence-corrected chi connectivity index (χ4v) is 2.60. The first-order chi connectivity index (χ1) is 5.93. The molecule has 0 spiro atoms. The molecule has 0 atom stereocenters. The minimum absolute atomic E-state index is 0. The number of rotatable bonds is 5. The van der Waals surface area contributed by atoms with E-state index < -0.39 is 0 Å². The van der Waals surface area contributed by atoms with Crippen LogP contribution in [0.1, 0.15) is 26.2 Å². The second-order valence-corrected chi connectivity index (χ2v) is 4.92. The van der Waals surface area contributed by atoms with Gasteiger partial charge in [0.1, 0.15) is 0 Å². The van der Waals surface area contributed by atoms with Gasteiger partial charge in [-0.1, -0.05) is 0 Å². The van der Waals surface area contributed by atoms with Crippen LogP contribution in [0, 0.1) is 5.32 Å². The van der Waals surface area contributed by atoms with E-state index in [-0.39, 0.29) is 18.9 Å². The van der Waals surface area contributed by atoms with Gasteiger partial charge in [0.15, 0.2) is 0 Å². The van der Waals surface area contributed by atoms with Crippen molar-refractivity contribution < 1.29 is 18.9 Å². The van der Waals surface area contributed by atoms with E-state index in [1.807, 2.05) is 0 Å². The Labute approximate surface area is 99.8 Å². The van der Waals surface area contributed by atoms with E-state index in [4.69, 9.17) is 0 Å². The summed E-state index contributed by atoms with van der Waals surface area (Å²) in [4.78, 5) is 0. The van der Waals surface area contributed by atoms with E-state index in [2.05, 4.69) is 42.6 Å². The smallest absolute Gasteiger partial charge is 1.00 e. The molecule has 0 aliphatic heterocycles. The molecule has 1 rings (SSSR count). The second kappa shape index (κ2) is 8.91. The number of benzene rings is 1. The summed E-state index contributed by atoms with van der Waals surface area (Å²) in [5.74, 6) is 0. The molecule has 0 amide bonds. The summed E-state index contributed by atoms with van der Waals surface area (Å²) in [6.07, 6.45) is 3.93. The van der Waals surface area contributed by atoms with Crippen molar-refractivity contribution in [1.29, 1.82) is 0 Å². The summed E-state index contributed by atoms with van der Waals surface area (Å²) >= 11 is 0.594. The van der Waals surface area contributed by atoms with Crippen molar-refractivity contribution >= 4 is 19.4 Å². The summed E-state index contributed by atoms with van der Waals surface area (Å²) in [5, 5.41) is 2.44. The Morgan fingerprint density at radius 1 is 1.23 bits per heavy atom. The minimum atomic E-state index is 0. The molecule has 13 heavy (non-hydrogen) atoms. The molecule has 0 aromatic heterocycles. The largest absolute Gasteiger partial charge is 1.00 e. The van der Waals surface area contributed by atoms with Crippen molar-refractivity contribution in [2.24, 2.45) is 0 Å². The van der Waals surface area contributed by atoms with Gasteiger partial charge in [0.25, 0.3) is 0 Å². The zero-order valence-corrected chi connectivity index (χ0v) is 10.2. The molecule has 0 aliphatic carbocycles. The maximum Gasteiger partial charge on any atom is 1.00 e. The Hall–Kier alpha value is 0.337. The Morgan fingerprint density at radius 3 is 2.54 bits per heavy atom. The van der Waals surface area contributed by atoms with Crippen LogP contribution in [0.25, 0.3) is 0 Å². The van der Waals surface area contributed by atoms with Crippen molar-refractivity contribution in [3.8, 4) is 0 Å². The topological polar surface area (TPSA) is 0 Å². The molecule has 0 N–H and O–H groups in total. The van der Waals surface area contributed by atoms with Crippen LogP contribution in [0.4, 0.5) is 0 Å². The first kappa shape index (κ1) is 13.3. The number of unbranched alkanes of at least 4 members (excludes halogenated alkanes) is 2. The molecular weight excluding hydrogens is 218 g/mol. The minimum Gasteiger partial charge on any atom is 1.00 e. The third kappa shape index (κ3) is 6.41. The first-order valence-corrected chi connectivity index (χ1v) is 6.31. The van der Waals surface area contributed by atoms with Gasteiger partial charge >= 0.3 is 100 Å². The molecule has 0 aliphatic rings. The van der Waals surface area contributed by atoms with Crippen LogP contribution in [0.5, 0.6) is 0 Å². The van der Waals surface area contributed by atoms with Crippen molar-refractivity contribution in [1.82, 2.24) is 0 Å². The summed E-state index contributed by atoms with van der Waals surface area (Å²) < 4.78 is 1.49. The first-order valence-electron chi connectivity index (χ1n) is 4.47. The van der Waals surface area contributed by atoms with Crippen molar-refractivity contribution in [2.75, 3.05) is 0 Å². The Kier molecular flexibility index (Phi) is 9.15. The molecule has 2 heteroatoms. The molecule has 0 fully saturated rings. The molecule has 66 valence electrons. The molecule has 1 aromatic carbocycles. The summed E-state index contributed by atoms with van der Waals surface area (Å²) in [6, 6.07) is 10.7. The number of hydrogen-bond donors (Lipinski definition) is 0. The number of hydrogen-bond acceptors (Lipinski definition) is 0. The van der Waals surface area contributed by atoms with E-state index in [9.17, 15) is 0 Å². The maximum absolute atomic E-state index is 2.44. The molecular formula is C11H15LiSe. The predicted molar refractivity (Wildman–Crippen MR) is 55.7 cm³/mol. The molecule has 0 nitrogen and oxygen atoms in total. The van der Waals surface area contributed by atoms with Gasteiger partial charge in [0, 0.05) is 0 Å². The van der Waals surface area contributed by atoms with E-state index in [0.717, 1.165) is 0 Å². The normalized spacial score (nSPS) is 9.31. The van der Waals surface area contributed by atoms with Crippen LogP contribution < -0.4 is 23.3 Å². The van der Waals surface area contributed by atoms with Gasteiger partial charge in [-0.15, -0.1) is 0 Å². The molecule has 0 heterocycles. The van der Waals surface area contributed by atoms with Crippen molar-refractivity contribution in [3.63, 3.8) is 0 Å². The zero-order chi connectivity index (χ0) is 8.65. The SMILES string of the molecule is CCCC[CH-][Se]c1ccccc1.[Li+]. The van der Waals surface area contributed by atoms with E-state index in [1.165, 1.54) is 23.7 Å². The molecule has 0 unspecified atom stereocenters. The third-order valence-electron chi connectivity index (χ3n) is 1.64. The van der Waals surface area contributed by atoms with Gasteiger partial charge in [0.05, 0.1) is 0 Å². The average molecular weight is 233 g/mol. The van der Waals surface area contributed by atoms with Crippen LogP contribution >= 0.6 is 0 Å². The fraction of sp³-hybridized carbons (Fsp3) is 0.364.